The van der Waals surface area contributed by atoms with Gasteiger partial charge in [0.05, 0.1) is 6.42 Å². The summed E-state index contributed by atoms with van der Waals surface area (Å²) in [5, 5.41) is 0. The Morgan fingerprint density at radius 3 is 2.85 bits per heavy atom. The van der Waals surface area contributed by atoms with Gasteiger partial charge in [-0.1, -0.05) is 6.07 Å². The second kappa shape index (κ2) is 5.33. The van der Waals surface area contributed by atoms with Gasteiger partial charge in [0.2, 0.25) is 5.91 Å². The fourth-order valence-electron chi connectivity index (χ4n) is 2.68. The van der Waals surface area contributed by atoms with E-state index in [1.165, 1.54) is 0 Å². The van der Waals surface area contributed by atoms with Crippen LogP contribution >= 0.6 is 0 Å². The maximum absolute atomic E-state index is 12.5. The number of amides is 1. The number of rotatable bonds is 2. The molecule has 0 saturated heterocycles. The van der Waals surface area contributed by atoms with Gasteiger partial charge in [-0.25, -0.2) is 0 Å². The number of nitrogens with two attached hydrogens (primary N) is 1. The molecule has 1 amide bonds. The third-order valence-corrected chi connectivity index (χ3v) is 3.69. The monoisotopic (exact) mass is 267 g/mol. The van der Waals surface area contributed by atoms with E-state index in [9.17, 15) is 4.79 Å². The van der Waals surface area contributed by atoms with Crippen LogP contribution < -0.4 is 10.6 Å². The highest BCUT2D eigenvalue weighted by Gasteiger charge is 2.23. The summed E-state index contributed by atoms with van der Waals surface area (Å²) >= 11 is 0. The number of benzene rings is 1. The molecule has 0 spiro atoms. The Morgan fingerprint density at radius 1 is 1.25 bits per heavy atom. The molecule has 2 aromatic rings. The van der Waals surface area contributed by atoms with Crippen molar-refractivity contribution in [2.75, 3.05) is 17.2 Å². The van der Waals surface area contributed by atoms with Crippen LogP contribution in [0.2, 0.25) is 0 Å². The van der Waals surface area contributed by atoms with E-state index < -0.39 is 0 Å². The summed E-state index contributed by atoms with van der Waals surface area (Å²) in [6.07, 6.45) is 5.73. The summed E-state index contributed by atoms with van der Waals surface area (Å²) in [5.41, 5.74) is 9.85. The third kappa shape index (κ3) is 2.37. The molecule has 4 heteroatoms. The number of aromatic nitrogens is 1. The SMILES string of the molecule is Nc1cccc2c1CCCN2C(=O)Cc1ccncc1. The van der Waals surface area contributed by atoms with E-state index in [0.29, 0.717) is 6.42 Å². The predicted octanol–water partition coefficient (Wildman–Crippen LogP) is 2.19. The van der Waals surface area contributed by atoms with Crippen molar-refractivity contribution in [3.8, 4) is 0 Å². The maximum Gasteiger partial charge on any atom is 0.231 e. The number of anilines is 2. The Kier molecular flexibility index (Phi) is 3.37. The summed E-state index contributed by atoms with van der Waals surface area (Å²) in [4.78, 5) is 18.3. The summed E-state index contributed by atoms with van der Waals surface area (Å²) in [6, 6.07) is 9.54. The molecule has 1 aliphatic heterocycles. The zero-order valence-electron chi connectivity index (χ0n) is 11.2. The van der Waals surface area contributed by atoms with E-state index in [2.05, 4.69) is 4.98 Å². The first-order valence-corrected chi connectivity index (χ1v) is 6.82. The standard InChI is InChI=1S/C16H17N3O/c17-14-4-1-5-15-13(14)3-2-10-19(15)16(20)11-12-6-8-18-9-7-12/h1,4-9H,2-3,10-11,17H2. The van der Waals surface area contributed by atoms with Crippen molar-refractivity contribution >= 4 is 17.3 Å². The second-order valence-electron chi connectivity index (χ2n) is 5.03. The quantitative estimate of drug-likeness (QED) is 0.848. The minimum atomic E-state index is 0.114. The molecule has 102 valence electrons. The maximum atomic E-state index is 12.5. The average Bonchev–Trinajstić information content (AvgIpc) is 2.48. The number of hydrogen-bond acceptors (Lipinski definition) is 3. The molecule has 1 aromatic carbocycles. The highest BCUT2D eigenvalue weighted by molar-refractivity contribution is 5.96. The van der Waals surface area contributed by atoms with Crippen LogP contribution in [0, 0.1) is 0 Å². The van der Waals surface area contributed by atoms with Crippen molar-refractivity contribution in [1.29, 1.82) is 0 Å². The van der Waals surface area contributed by atoms with Gasteiger partial charge >= 0.3 is 0 Å². The lowest BCUT2D eigenvalue weighted by atomic mass is 9.99. The minimum absolute atomic E-state index is 0.114. The van der Waals surface area contributed by atoms with Gasteiger partial charge in [0.15, 0.2) is 0 Å². The molecule has 0 bridgehead atoms. The summed E-state index contributed by atoms with van der Waals surface area (Å²) in [5.74, 6) is 0.114. The molecule has 0 fully saturated rings. The van der Waals surface area contributed by atoms with Crippen LogP contribution in [0.5, 0.6) is 0 Å². The lowest BCUT2D eigenvalue weighted by Crippen LogP contribution is -2.36. The molecule has 0 aliphatic carbocycles. The molecule has 0 atom stereocenters. The Hall–Kier alpha value is -2.36. The predicted molar refractivity (Wildman–Crippen MR) is 79.5 cm³/mol. The summed E-state index contributed by atoms with van der Waals surface area (Å²) < 4.78 is 0. The first kappa shape index (κ1) is 12.7. The molecular weight excluding hydrogens is 250 g/mol. The third-order valence-electron chi connectivity index (χ3n) is 3.69. The van der Waals surface area contributed by atoms with Gasteiger partial charge in [0, 0.05) is 30.3 Å². The average molecular weight is 267 g/mol. The molecule has 2 heterocycles. The molecule has 0 radical (unpaired) electrons. The smallest absolute Gasteiger partial charge is 0.231 e. The van der Waals surface area contributed by atoms with E-state index >= 15 is 0 Å². The van der Waals surface area contributed by atoms with Crippen LogP contribution in [0.1, 0.15) is 17.5 Å². The molecular formula is C16H17N3O. The van der Waals surface area contributed by atoms with Crippen molar-refractivity contribution in [1.82, 2.24) is 4.98 Å². The van der Waals surface area contributed by atoms with Crippen LogP contribution in [0.4, 0.5) is 11.4 Å². The number of nitrogens with zero attached hydrogens (tertiary/aromatic N) is 2. The molecule has 1 aromatic heterocycles. The molecule has 2 N–H and O–H groups in total. The van der Waals surface area contributed by atoms with Gasteiger partial charge in [-0.2, -0.15) is 0 Å². The lowest BCUT2D eigenvalue weighted by Gasteiger charge is -2.30. The Balaban J connectivity index is 1.86. The van der Waals surface area contributed by atoms with E-state index in [1.54, 1.807) is 12.4 Å². The first-order valence-electron chi connectivity index (χ1n) is 6.82. The second-order valence-corrected chi connectivity index (χ2v) is 5.03. The molecule has 20 heavy (non-hydrogen) atoms. The van der Waals surface area contributed by atoms with Gasteiger partial charge < -0.3 is 10.6 Å². The Morgan fingerprint density at radius 2 is 2.05 bits per heavy atom. The zero-order valence-corrected chi connectivity index (χ0v) is 11.2. The number of carbonyl (C=O) groups is 1. The van der Waals surface area contributed by atoms with Crippen LogP contribution in [0.15, 0.2) is 42.7 Å². The lowest BCUT2D eigenvalue weighted by molar-refractivity contribution is -0.118. The summed E-state index contributed by atoms with van der Waals surface area (Å²) in [6.45, 7) is 0.764. The van der Waals surface area contributed by atoms with Crippen molar-refractivity contribution in [3.05, 3.63) is 53.9 Å². The van der Waals surface area contributed by atoms with Gasteiger partial charge in [-0.05, 0) is 48.2 Å². The number of nitrogen functional groups attached to an aromatic ring is 1. The topological polar surface area (TPSA) is 59.2 Å². The van der Waals surface area contributed by atoms with Crippen LogP contribution in [-0.4, -0.2) is 17.4 Å². The van der Waals surface area contributed by atoms with E-state index in [4.69, 9.17) is 5.73 Å². The van der Waals surface area contributed by atoms with Crippen LogP contribution in [-0.2, 0) is 17.6 Å². The Bertz CT molecular complexity index is 625. The number of carbonyl (C=O) groups excluding carboxylic acids is 1. The van der Waals surface area contributed by atoms with Crippen molar-refractivity contribution < 1.29 is 4.79 Å². The fraction of sp³-hybridized carbons (Fsp3) is 0.250. The molecule has 4 nitrogen and oxygen atoms in total. The normalized spacial score (nSPS) is 13.9. The van der Waals surface area contributed by atoms with Crippen molar-refractivity contribution in [3.63, 3.8) is 0 Å². The number of fused-ring (bicyclic) bond motifs is 1. The molecule has 3 rings (SSSR count). The first-order chi connectivity index (χ1) is 9.75. The van der Waals surface area contributed by atoms with E-state index in [1.807, 2.05) is 35.2 Å². The van der Waals surface area contributed by atoms with Crippen LogP contribution in [0.25, 0.3) is 0 Å². The minimum Gasteiger partial charge on any atom is -0.398 e. The van der Waals surface area contributed by atoms with E-state index in [0.717, 1.165) is 41.9 Å². The molecule has 1 aliphatic rings. The highest BCUT2D eigenvalue weighted by Crippen LogP contribution is 2.31. The fourth-order valence-corrected chi connectivity index (χ4v) is 2.68. The van der Waals surface area contributed by atoms with Crippen LogP contribution in [0.3, 0.4) is 0 Å². The van der Waals surface area contributed by atoms with Gasteiger partial charge in [-0.3, -0.25) is 9.78 Å². The molecule has 0 saturated carbocycles. The molecule has 0 unspecified atom stereocenters. The largest absolute Gasteiger partial charge is 0.398 e. The number of hydrogen-bond donors (Lipinski definition) is 1. The highest BCUT2D eigenvalue weighted by atomic mass is 16.2. The van der Waals surface area contributed by atoms with Gasteiger partial charge in [0.25, 0.3) is 0 Å². The number of pyridine rings is 1. The van der Waals surface area contributed by atoms with Gasteiger partial charge in [-0.15, -0.1) is 0 Å². The zero-order chi connectivity index (χ0) is 13.9. The van der Waals surface area contributed by atoms with Crippen molar-refractivity contribution in [2.24, 2.45) is 0 Å². The van der Waals surface area contributed by atoms with Gasteiger partial charge in [0.1, 0.15) is 0 Å². The Labute approximate surface area is 118 Å². The summed E-state index contributed by atoms with van der Waals surface area (Å²) in [7, 11) is 0. The van der Waals surface area contributed by atoms with E-state index in [-0.39, 0.29) is 5.91 Å². The van der Waals surface area contributed by atoms with Crippen molar-refractivity contribution in [2.45, 2.75) is 19.3 Å².